The second-order valence-electron chi connectivity index (χ2n) is 5.29. The highest BCUT2D eigenvalue weighted by molar-refractivity contribution is 9.10. The second-order valence-corrected chi connectivity index (χ2v) is 6.14. The summed E-state index contributed by atoms with van der Waals surface area (Å²) in [4.78, 5) is 12.1. The van der Waals surface area contributed by atoms with Gasteiger partial charge in [0.15, 0.2) is 11.5 Å². The van der Waals surface area contributed by atoms with Gasteiger partial charge in [0.2, 0.25) is 5.91 Å². The van der Waals surface area contributed by atoms with E-state index in [1.807, 2.05) is 12.1 Å². The largest absolute Gasteiger partial charge is 0.493 e. The number of carbonyl (C=O) groups excluding carboxylic acids is 1. The van der Waals surface area contributed by atoms with Gasteiger partial charge in [0.25, 0.3) is 0 Å². The van der Waals surface area contributed by atoms with E-state index in [1.165, 1.54) is 0 Å². The molecule has 2 unspecified atom stereocenters. The SMILES string of the molecule is COc1cc(Br)c(CNC(=O)C2CCC(N)C2)cc1OC.Cl. The number of nitrogens with one attached hydrogen (secondary N) is 1. The van der Waals surface area contributed by atoms with Gasteiger partial charge >= 0.3 is 0 Å². The molecule has 0 aliphatic heterocycles. The summed E-state index contributed by atoms with van der Waals surface area (Å²) in [6, 6.07) is 3.86. The third-order valence-corrected chi connectivity index (χ3v) is 4.59. The monoisotopic (exact) mass is 392 g/mol. The lowest BCUT2D eigenvalue weighted by atomic mass is 10.1. The maximum absolute atomic E-state index is 12.1. The third-order valence-electron chi connectivity index (χ3n) is 3.85. The van der Waals surface area contributed by atoms with Crippen LogP contribution in [0.3, 0.4) is 0 Å². The van der Waals surface area contributed by atoms with E-state index in [0.717, 1.165) is 29.3 Å². The van der Waals surface area contributed by atoms with Gasteiger partial charge in [-0.2, -0.15) is 0 Å². The minimum Gasteiger partial charge on any atom is -0.493 e. The molecule has 0 aromatic heterocycles. The molecule has 0 spiro atoms. The molecule has 0 saturated heterocycles. The molecule has 22 heavy (non-hydrogen) atoms. The number of methoxy groups -OCH3 is 2. The molecule has 124 valence electrons. The van der Waals surface area contributed by atoms with Crippen LogP contribution in [0.2, 0.25) is 0 Å². The number of hydrogen-bond donors (Lipinski definition) is 2. The molecule has 5 nitrogen and oxygen atoms in total. The van der Waals surface area contributed by atoms with Gasteiger partial charge in [-0.1, -0.05) is 15.9 Å². The third kappa shape index (κ3) is 4.51. The van der Waals surface area contributed by atoms with Gasteiger partial charge < -0.3 is 20.5 Å². The summed E-state index contributed by atoms with van der Waals surface area (Å²) < 4.78 is 11.4. The fourth-order valence-electron chi connectivity index (χ4n) is 2.61. The molecule has 1 saturated carbocycles. The van der Waals surface area contributed by atoms with Crippen LogP contribution in [0.5, 0.6) is 11.5 Å². The lowest BCUT2D eigenvalue weighted by Gasteiger charge is -2.14. The molecule has 1 aliphatic carbocycles. The van der Waals surface area contributed by atoms with Crippen LogP contribution < -0.4 is 20.5 Å². The lowest BCUT2D eigenvalue weighted by molar-refractivity contribution is -0.125. The summed E-state index contributed by atoms with van der Waals surface area (Å²) in [5, 5.41) is 2.97. The van der Waals surface area contributed by atoms with E-state index in [0.29, 0.717) is 18.0 Å². The molecule has 0 heterocycles. The Morgan fingerprint density at radius 2 is 1.95 bits per heavy atom. The average molecular weight is 394 g/mol. The Morgan fingerprint density at radius 3 is 2.50 bits per heavy atom. The highest BCUT2D eigenvalue weighted by atomic mass is 79.9. The van der Waals surface area contributed by atoms with Crippen LogP contribution in [0.25, 0.3) is 0 Å². The minimum atomic E-state index is 0. The Balaban J connectivity index is 0.00000242. The van der Waals surface area contributed by atoms with Gasteiger partial charge in [-0.3, -0.25) is 4.79 Å². The highest BCUT2D eigenvalue weighted by Gasteiger charge is 2.27. The van der Waals surface area contributed by atoms with E-state index in [4.69, 9.17) is 15.2 Å². The predicted octanol–water partition coefficient (Wildman–Crippen LogP) is 2.63. The van der Waals surface area contributed by atoms with Crippen molar-refractivity contribution in [2.45, 2.75) is 31.8 Å². The van der Waals surface area contributed by atoms with Gasteiger partial charge in [-0.05, 0) is 37.0 Å². The summed E-state index contributed by atoms with van der Waals surface area (Å²) in [5.74, 6) is 1.41. The van der Waals surface area contributed by atoms with Crippen molar-refractivity contribution < 1.29 is 14.3 Å². The van der Waals surface area contributed by atoms with Crippen LogP contribution in [-0.4, -0.2) is 26.2 Å². The van der Waals surface area contributed by atoms with Crippen molar-refractivity contribution in [3.8, 4) is 11.5 Å². The van der Waals surface area contributed by atoms with Crippen LogP contribution in [0.1, 0.15) is 24.8 Å². The number of nitrogens with two attached hydrogens (primary N) is 1. The molecular weight excluding hydrogens is 372 g/mol. The molecule has 1 fully saturated rings. The fraction of sp³-hybridized carbons (Fsp3) is 0.533. The van der Waals surface area contributed by atoms with E-state index in [9.17, 15) is 4.79 Å². The summed E-state index contributed by atoms with van der Waals surface area (Å²) in [6.45, 7) is 0.450. The normalized spacial score (nSPS) is 20.2. The first-order valence-corrected chi connectivity index (χ1v) is 7.78. The van der Waals surface area contributed by atoms with Gasteiger partial charge in [-0.25, -0.2) is 0 Å². The predicted molar refractivity (Wildman–Crippen MR) is 91.7 cm³/mol. The van der Waals surface area contributed by atoms with Crippen LogP contribution in [-0.2, 0) is 11.3 Å². The van der Waals surface area contributed by atoms with Crippen molar-refractivity contribution in [3.05, 3.63) is 22.2 Å². The minimum absolute atomic E-state index is 0. The van der Waals surface area contributed by atoms with Gasteiger partial charge in [0, 0.05) is 23.0 Å². The molecule has 0 radical (unpaired) electrons. The number of hydrogen-bond acceptors (Lipinski definition) is 4. The van der Waals surface area contributed by atoms with Gasteiger partial charge in [0.05, 0.1) is 14.2 Å². The van der Waals surface area contributed by atoms with E-state index in [1.54, 1.807) is 14.2 Å². The summed E-state index contributed by atoms with van der Waals surface area (Å²) in [5.41, 5.74) is 6.79. The number of ether oxygens (including phenoxy) is 2. The zero-order chi connectivity index (χ0) is 15.4. The lowest BCUT2D eigenvalue weighted by Crippen LogP contribution is -2.30. The molecule has 1 aromatic rings. The zero-order valence-electron chi connectivity index (χ0n) is 12.7. The Bertz CT molecular complexity index is 528. The quantitative estimate of drug-likeness (QED) is 0.806. The van der Waals surface area contributed by atoms with Crippen molar-refractivity contribution in [2.24, 2.45) is 11.7 Å². The van der Waals surface area contributed by atoms with E-state index in [2.05, 4.69) is 21.2 Å². The maximum Gasteiger partial charge on any atom is 0.223 e. The molecule has 0 bridgehead atoms. The first-order valence-electron chi connectivity index (χ1n) is 6.98. The first kappa shape index (κ1) is 19.1. The number of carbonyl (C=O) groups is 1. The van der Waals surface area contributed by atoms with Crippen molar-refractivity contribution in [3.63, 3.8) is 0 Å². The fourth-order valence-corrected chi connectivity index (χ4v) is 3.08. The van der Waals surface area contributed by atoms with Crippen molar-refractivity contribution >= 4 is 34.2 Å². The first-order chi connectivity index (χ1) is 10.0. The molecular formula is C15H22BrClN2O3. The van der Waals surface area contributed by atoms with Crippen molar-refractivity contribution in [1.29, 1.82) is 0 Å². The molecule has 7 heteroatoms. The highest BCUT2D eigenvalue weighted by Crippen LogP contribution is 2.33. The Hall–Kier alpha value is -0.980. The van der Waals surface area contributed by atoms with E-state index < -0.39 is 0 Å². The Labute approximate surface area is 145 Å². The second kappa shape index (κ2) is 8.60. The molecule has 3 N–H and O–H groups in total. The smallest absolute Gasteiger partial charge is 0.223 e. The molecule has 2 atom stereocenters. The van der Waals surface area contributed by atoms with Crippen LogP contribution in [0, 0.1) is 5.92 Å². The molecule has 1 aliphatic rings. The number of halogens is 2. The van der Waals surface area contributed by atoms with E-state index >= 15 is 0 Å². The Morgan fingerprint density at radius 1 is 1.32 bits per heavy atom. The van der Waals surface area contributed by atoms with Crippen LogP contribution in [0.4, 0.5) is 0 Å². The molecule has 2 rings (SSSR count). The summed E-state index contributed by atoms with van der Waals surface area (Å²) in [6.07, 6.45) is 2.58. The Kier molecular flexibility index (Phi) is 7.45. The van der Waals surface area contributed by atoms with Crippen molar-refractivity contribution in [1.82, 2.24) is 5.32 Å². The number of amides is 1. The average Bonchev–Trinajstić information content (AvgIpc) is 2.91. The van der Waals surface area contributed by atoms with Crippen LogP contribution >= 0.6 is 28.3 Å². The summed E-state index contributed by atoms with van der Waals surface area (Å²) in [7, 11) is 3.18. The number of benzene rings is 1. The molecule has 1 amide bonds. The number of rotatable bonds is 5. The molecule has 1 aromatic carbocycles. The maximum atomic E-state index is 12.1. The summed E-state index contributed by atoms with van der Waals surface area (Å²) >= 11 is 3.49. The standard InChI is InChI=1S/C15H21BrN2O3.ClH/c1-20-13-6-10(12(16)7-14(13)21-2)8-18-15(19)9-3-4-11(17)5-9;/h6-7,9,11H,3-5,8,17H2,1-2H3,(H,18,19);1H. The van der Waals surface area contributed by atoms with Gasteiger partial charge in [0.1, 0.15) is 0 Å². The topological polar surface area (TPSA) is 73.6 Å². The van der Waals surface area contributed by atoms with E-state index in [-0.39, 0.29) is 30.3 Å². The van der Waals surface area contributed by atoms with Crippen molar-refractivity contribution in [2.75, 3.05) is 14.2 Å². The van der Waals surface area contributed by atoms with Crippen LogP contribution in [0.15, 0.2) is 16.6 Å². The zero-order valence-corrected chi connectivity index (χ0v) is 15.1. The van der Waals surface area contributed by atoms with Gasteiger partial charge in [-0.15, -0.1) is 12.4 Å².